The Bertz CT molecular complexity index is 617. The number of carbonyl (C=O) groups excluding carboxylic acids is 2. The minimum atomic E-state index is -0.241. The number of amides is 2. The Morgan fingerprint density at radius 1 is 1.28 bits per heavy atom. The van der Waals surface area contributed by atoms with Crippen LogP contribution in [0.1, 0.15) is 31.7 Å². The molecule has 25 heavy (non-hydrogen) atoms. The van der Waals surface area contributed by atoms with Crippen molar-refractivity contribution >= 4 is 11.8 Å². The van der Waals surface area contributed by atoms with Gasteiger partial charge in [-0.3, -0.25) is 9.59 Å². The van der Waals surface area contributed by atoms with Crippen LogP contribution < -0.4 is 9.47 Å². The van der Waals surface area contributed by atoms with Crippen molar-refractivity contribution in [1.82, 2.24) is 9.80 Å². The Kier molecular flexibility index (Phi) is 6.67. The number of rotatable bonds is 8. The number of nitrogens with zero attached hydrogens (tertiary/aromatic N) is 2. The van der Waals surface area contributed by atoms with E-state index in [2.05, 4.69) is 6.92 Å². The normalized spacial score (nSPS) is 16.9. The molecule has 1 aromatic carbocycles. The lowest BCUT2D eigenvalue weighted by atomic mass is 10.1. The lowest BCUT2D eigenvalue weighted by Gasteiger charge is -2.21. The minimum Gasteiger partial charge on any atom is -0.493 e. The lowest BCUT2D eigenvalue weighted by molar-refractivity contribution is -0.134. The van der Waals surface area contributed by atoms with Gasteiger partial charge in [-0.1, -0.05) is 19.4 Å². The van der Waals surface area contributed by atoms with Gasteiger partial charge in [-0.2, -0.15) is 0 Å². The summed E-state index contributed by atoms with van der Waals surface area (Å²) in [6, 6.07) is 5.61. The van der Waals surface area contributed by atoms with Crippen LogP contribution in [0.15, 0.2) is 18.2 Å². The van der Waals surface area contributed by atoms with Gasteiger partial charge in [-0.25, -0.2) is 0 Å². The van der Waals surface area contributed by atoms with E-state index in [1.165, 1.54) is 0 Å². The highest BCUT2D eigenvalue weighted by molar-refractivity contribution is 5.89. The maximum Gasteiger partial charge on any atom is 0.227 e. The van der Waals surface area contributed by atoms with Crippen molar-refractivity contribution in [3.8, 4) is 11.5 Å². The molecule has 2 amide bonds. The van der Waals surface area contributed by atoms with Crippen LogP contribution in [0.5, 0.6) is 11.5 Å². The first-order valence-electron chi connectivity index (χ1n) is 8.73. The second-order valence-corrected chi connectivity index (χ2v) is 6.48. The van der Waals surface area contributed by atoms with Gasteiger partial charge < -0.3 is 19.3 Å². The number of carbonyl (C=O) groups is 2. The van der Waals surface area contributed by atoms with Crippen LogP contribution in [0, 0.1) is 5.92 Å². The van der Waals surface area contributed by atoms with E-state index in [1.807, 2.05) is 25.2 Å². The SMILES string of the molecule is CCCCN(C)C(=O)C1CC(=O)N(Cc2ccc(OC)c(OC)c2)C1. The van der Waals surface area contributed by atoms with Gasteiger partial charge in [0.2, 0.25) is 11.8 Å². The van der Waals surface area contributed by atoms with Gasteiger partial charge in [0.05, 0.1) is 20.1 Å². The maximum atomic E-state index is 12.5. The molecule has 1 atom stereocenters. The average Bonchev–Trinajstić information content (AvgIpc) is 2.99. The zero-order chi connectivity index (χ0) is 18.4. The molecule has 0 N–H and O–H groups in total. The Morgan fingerprint density at radius 3 is 2.64 bits per heavy atom. The molecule has 0 radical (unpaired) electrons. The van der Waals surface area contributed by atoms with Gasteiger partial charge in [-0.15, -0.1) is 0 Å². The first-order chi connectivity index (χ1) is 12.0. The molecule has 1 aromatic rings. The fourth-order valence-electron chi connectivity index (χ4n) is 3.11. The minimum absolute atomic E-state index is 0.0250. The summed E-state index contributed by atoms with van der Waals surface area (Å²) in [6.45, 7) is 3.79. The van der Waals surface area contributed by atoms with E-state index >= 15 is 0 Å². The molecule has 2 rings (SSSR count). The molecule has 1 unspecified atom stereocenters. The third-order valence-electron chi connectivity index (χ3n) is 4.61. The highest BCUT2D eigenvalue weighted by Crippen LogP contribution is 2.29. The third-order valence-corrected chi connectivity index (χ3v) is 4.61. The average molecular weight is 348 g/mol. The molecule has 1 aliphatic rings. The molecule has 6 heteroatoms. The van der Waals surface area contributed by atoms with Crippen molar-refractivity contribution in [2.45, 2.75) is 32.7 Å². The molecule has 0 spiro atoms. The Hall–Kier alpha value is -2.24. The smallest absolute Gasteiger partial charge is 0.227 e. The van der Waals surface area contributed by atoms with Crippen molar-refractivity contribution in [2.75, 3.05) is 34.4 Å². The van der Waals surface area contributed by atoms with Gasteiger partial charge >= 0.3 is 0 Å². The number of ether oxygens (including phenoxy) is 2. The molecule has 0 aliphatic carbocycles. The van der Waals surface area contributed by atoms with Crippen molar-refractivity contribution in [3.63, 3.8) is 0 Å². The molecule has 0 bridgehead atoms. The fourth-order valence-corrected chi connectivity index (χ4v) is 3.11. The van der Waals surface area contributed by atoms with Crippen LogP contribution >= 0.6 is 0 Å². The summed E-state index contributed by atoms with van der Waals surface area (Å²) >= 11 is 0. The quantitative estimate of drug-likeness (QED) is 0.723. The zero-order valence-electron chi connectivity index (χ0n) is 15.6. The number of unbranched alkanes of at least 4 members (excludes halogenated alkanes) is 1. The molecule has 0 saturated carbocycles. The third kappa shape index (κ3) is 4.65. The lowest BCUT2D eigenvalue weighted by Crippen LogP contribution is -2.35. The van der Waals surface area contributed by atoms with Crippen molar-refractivity contribution < 1.29 is 19.1 Å². The summed E-state index contributed by atoms with van der Waals surface area (Å²) in [5, 5.41) is 0. The van der Waals surface area contributed by atoms with E-state index in [0.29, 0.717) is 31.0 Å². The van der Waals surface area contributed by atoms with E-state index in [1.54, 1.807) is 24.0 Å². The highest BCUT2D eigenvalue weighted by atomic mass is 16.5. The Morgan fingerprint density at radius 2 is 2.00 bits per heavy atom. The van der Waals surface area contributed by atoms with Gasteiger partial charge in [0.25, 0.3) is 0 Å². The number of methoxy groups -OCH3 is 2. The monoisotopic (exact) mass is 348 g/mol. The zero-order valence-corrected chi connectivity index (χ0v) is 15.6. The molecular weight excluding hydrogens is 320 g/mol. The predicted molar refractivity (Wildman–Crippen MR) is 95.6 cm³/mol. The fraction of sp³-hybridized carbons (Fsp3) is 0.579. The number of hydrogen-bond acceptors (Lipinski definition) is 4. The second-order valence-electron chi connectivity index (χ2n) is 6.48. The van der Waals surface area contributed by atoms with Crippen molar-refractivity contribution in [3.05, 3.63) is 23.8 Å². The molecular formula is C19H28N2O4. The highest BCUT2D eigenvalue weighted by Gasteiger charge is 2.35. The standard InChI is InChI=1S/C19H28N2O4/c1-5-6-9-20(2)19(23)15-11-18(22)21(13-15)12-14-7-8-16(24-3)17(10-14)25-4/h7-8,10,15H,5-6,9,11-13H2,1-4H3. The van der Waals surface area contributed by atoms with Crippen molar-refractivity contribution in [1.29, 1.82) is 0 Å². The van der Waals surface area contributed by atoms with Gasteiger partial charge in [0, 0.05) is 33.1 Å². The first-order valence-corrected chi connectivity index (χ1v) is 8.73. The molecule has 1 saturated heterocycles. The summed E-state index contributed by atoms with van der Waals surface area (Å²) < 4.78 is 10.5. The van der Waals surface area contributed by atoms with E-state index in [9.17, 15) is 9.59 Å². The van der Waals surface area contributed by atoms with Crippen LogP contribution in [0.25, 0.3) is 0 Å². The second kappa shape index (κ2) is 8.74. The summed E-state index contributed by atoms with van der Waals surface area (Å²) in [4.78, 5) is 28.3. The van der Waals surface area contributed by atoms with Crippen LogP contribution in [0.3, 0.4) is 0 Å². The molecule has 1 fully saturated rings. The topological polar surface area (TPSA) is 59.1 Å². The molecule has 0 aromatic heterocycles. The van der Waals surface area contributed by atoms with E-state index in [4.69, 9.17) is 9.47 Å². The summed E-state index contributed by atoms with van der Waals surface area (Å²) in [7, 11) is 5.00. The Labute approximate surface area is 149 Å². The molecule has 138 valence electrons. The molecule has 1 heterocycles. The van der Waals surface area contributed by atoms with E-state index in [-0.39, 0.29) is 17.7 Å². The molecule has 6 nitrogen and oxygen atoms in total. The number of likely N-dealkylation sites (tertiary alicyclic amines) is 1. The first kappa shape index (κ1) is 19.1. The van der Waals surface area contributed by atoms with Gasteiger partial charge in [-0.05, 0) is 24.1 Å². The number of benzene rings is 1. The summed E-state index contributed by atoms with van der Waals surface area (Å²) in [5.41, 5.74) is 0.957. The number of hydrogen-bond donors (Lipinski definition) is 0. The van der Waals surface area contributed by atoms with Crippen LogP contribution in [0.2, 0.25) is 0 Å². The van der Waals surface area contributed by atoms with Crippen LogP contribution in [-0.4, -0.2) is 56.0 Å². The largest absolute Gasteiger partial charge is 0.493 e. The van der Waals surface area contributed by atoms with E-state index in [0.717, 1.165) is 24.9 Å². The van der Waals surface area contributed by atoms with Gasteiger partial charge in [0.15, 0.2) is 11.5 Å². The Balaban J connectivity index is 2.00. The van der Waals surface area contributed by atoms with Crippen LogP contribution in [-0.2, 0) is 16.1 Å². The predicted octanol–water partition coefficient (Wildman–Crippen LogP) is 2.31. The molecule has 1 aliphatic heterocycles. The summed E-state index contributed by atoms with van der Waals surface area (Å²) in [6.07, 6.45) is 2.33. The van der Waals surface area contributed by atoms with Crippen LogP contribution in [0.4, 0.5) is 0 Å². The van der Waals surface area contributed by atoms with E-state index < -0.39 is 0 Å². The van der Waals surface area contributed by atoms with Gasteiger partial charge in [0.1, 0.15) is 0 Å². The summed E-state index contributed by atoms with van der Waals surface area (Å²) in [5.74, 6) is 1.14. The van der Waals surface area contributed by atoms with Crippen molar-refractivity contribution in [2.24, 2.45) is 5.92 Å². The maximum absolute atomic E-state index is 12.5.